The Morgan fingerprint density at radius 2 is 2.00 bits per heavy atom. The molecular weight excluding hydrogens is 360 g/mol. The molecule has 3 aromatic rings. The Kier molecular flexibility index (Phi) is 4.99. The lowest BCUT2D eigenvalue weighted by molar-refractivity contribution is -0.131. The zero-order valence-corrected chi connectivity index (χ0v) is 16.3. The molecule has 0 radical (unpaired) electrons. The van der Waals surface area contributed by atoms with Crippen LogP contribution in [0.4, 0.5) is 0 Å². The number of likely N-dealkylation sites (tertiary alicyclic amines) is 1. The first-order chi connectivity index (χ1) is 13.2. The first kappa shape index (κ1) is 17.8. The number of aromatic nitrogens is 1. The van der Waals surface area contributed by atoms with Crippen LogP contribution >= 0.6 is 11.3 Å². The summed E-state index contributed by atoms with van der Waals surface area (Å²) in [5, 5.41) is 1.04. The molecule has 0 saturated carbocycles. The largest absolute Gasteiger partial charge is 0.493 e. The number of carbonyl (C=O) groups excluding carboxylic acids is 1. The van der Waals surface area contributed by atoms with Gasteiger partial charge in [-0.05, 0) is 42.7 Å². The highest BCUT2D eigenvalue weighted by Gasteiger charge is 2.32. The van der Waals surface area contributed by atoms with Crippen molar-refractivity contribution >= 4 is 27.5 Å². The fourth-order valence-corrected chi connectivity index (χ4v) is 4.74. The first-order valence-corrected chi connectivity index (χ1v) is 9.87. The summed E-state index contributed by atoms with van der Waals surface area (Å²) in [5.74, 6) is 1.44. The van der Waals surface area contributed by atoms with Crippen molar-refractivity contribution in [2.75, 3.05) is 20.8 Å². The number of hydrogen-bond donors (Lipinski definition) is 0. The minimum atomic E-state index is 0.0787. The van der Waals surface area contributed by atoms with Gasteiger partial charge in [0, 0.05) is 6.54 Å². The Morgan fingerprint density at radius 1 is 1.19 bits per heavy atom. The average Bonchev–Trinajstić information content (AvgIpc) is 3.34. The number of ether oxygens (including phenoxy) is 2. The SMILES string of the molecule is COc1ccc(CC(=O)N2CCCC2c2nc3ccccc3s2)cc1OC. The molecule has 140 valence electrons. The van der Waals surface area contributed by atoms with Crippen molar-refractivity contribution in [2.24, 2.45) is 0 Å². The van der Waals surface area contributed by atoms with E-state index < -0.39 is 0 Å². The van der Waals surface area contributed by atoms with Crippen LogP contribution in [0.3, 0.4) is 0 Å². The lowest BCUT2D eigenvalue weighted by Gasteiger charge is -2.23. The maximum atomic E-state index is 13.0. The quantitative estimate of drug-likeness (QED) is 0.663. The van der Waals surface area contributed by atoms with Gasteiger partial charge in [-0.25, -0.2) is 4.98 Å². The second kappa shape index (κ2) is 7.56. The third kappa shape index (κ3) is 3.49. The molecule has 2 heterocycles. The van der Waals surface area contributed by atoms with Crippen molar-refractivity contribution < 1.29 is 14.3 Å². The molecule has 0 bridgehead atoms. The van der Waals surface area contributed by atoms with E-state index in [0.717, 1.165) is 35.5 Å². The van der Waals surface area contributed by atoms with Gasteiger partial charge in [0.1, 0.15) is 5.01 Å². The van der Waals surface area contributed by atoms with Crippen molar-refractivity contribution in [2.45, 2.75) is 25.3 Å². The topological polar surface area (TPSA) is 51.7 Å². The molecule has 1 fully saturated rings. The number of benzene rings is 2. The van der Waals surface area contributed by atoms with Crippen LogP contribution in [-0.2, 0) is 11.2 Å². The zero-order chi connectivity index (χ0) is 18.8. The lowest BCUT2D eigenvalue weighted by atomic mass is 10.1. The first-order valence-electron chi connectivity index (χ1n) is 9.05. The van der Waals surface area contributed by atoms with Crippen LogP contribution in [0.5, 0.6) is 11.5 Å². The molecule has 1 aliphatic heterocycles. The summed E-state index contributed by atoms with van der Waals surface area (Å²) in [6.07, 6.45) is 2.33. The van der Waals surface area contributed by atoms with Crippen molar-refractivity contribution in [3.63, 3.8) is 0 Å². The number of para-hydroxylation sites is 1. The molecule has 1 aromatic heterocycles. The highest BCUT2D eigenvalue weighted by Crippen LogP contribution is 2.37. The maximum Gasteiger partial charge on any atom is 0.227 e. The molecule has 0 N–H and O–H groups in total. The summed E-state index contributed by atoms with van der Waals surface area (Å²) in [5.41, 5.74) is 1.93. The van der Waals surface area contributed by atoms with Crippen LogP contribution in [-0.4, -0.2) is 36.6 Å². The van der Waals surface area contributed by atoms with E-state index in [-0.39, 0.29) is 11.9 Å². The van der Waals surface area contributed by atoms with Gasteiger partial charge in [0.05, 0.1) is 36.9 Å². The van der Waals surface area contributed by atoms with Crippen molar-refractivity contribution in [3.8, 4) is 11.5 Å². The summed E-state index contributed by atoms with van der Waals surface area (Å²) >= 11 is 1.69. The third-order valence-electron chi connectivity index (χ3n) is 4.97. The van der Waals surface area contributed by atoms with Crippen LogP contribution < -0.4 is 9.47 Å². The van der Waals surface area contributed by atoms with Crippen LogP contribution in [0, 0.1) is 0 Å². The van der Waals surface area contributed by atoms with Crippen molar-refractivity contribution in [1.29, 1.82) is 0 Å². The Bertz CT molecular complexity index is 936. The highest BCUT2D eigenvalue weighted by molar-refractivity contribution is 7.18. The van der Waals surface area contributed by atoms with E-state index in [9.17, 15) is 4.79 Å². The van der Waals surface area contributed by atoms with Crippen LogP contribution in [0.2, 0.25) is 0 Å². The molecule has 0 aliphatic carbocycles. The highest BCUT2D eigenvalue weighted by atomic mass is 32.1. The Balaban J connectivity index is 1.54. The average molecular weight is 382 g/mol. The number of rotatable bonds is 5. The summed E-state index contributed by atoms with van der Waals surface area (Å²) in [7, 11) is 3.21. The second-order valence-corrected chi connectivity index (χ2v) is 7.69. The van der Waals surface area contributed by atoms with E-state index >= 15 is 0 Å². The third-order valence-corrected chi connectivity index (χ3v) is 6.11. The van der Waals surface area contributed by atoms with Gasteiger partial charge in [-0.2, -0.15) is 0 Å². The molecule has 0 spiro atoms. The number of amides is 1. The van der Waals surface area contributed by atoms with E-state index in [1.165, 1.54) is 4.70 Å². The minimum Gasteiger partial charge on any atom is -0.493 e. The van der Waals surface area contributed by atoms with Crippen LogP contribution in [0.25, 0.3) is 10.2 Å². The van der Waals surface area contributed by atoms with Gasteiger partial charge in [0.25, 0.3) is 0 Å². The van der Waals surface area contributed by atoms with Crippen molar-refractivity contribution in [1.82, 2.24) is 9.88 Å². The fourth-order valence-electron chi connectivity index (χ4n) is 3.62. The summed E-state index contributed by atoms with van der Waals surface area (Å²) in [4.78, 5) is 19.8. The standard InChI is InChI=1S/C21H22N2O3S/c1-25-17-10-9-14(12-18(17)26-2)13-20(24)23-11-5-7-16(23)21-22-15-6-3-4-8-19(15)27-21/h3-4,6,8-10,12,16H,5,7,11,13H2,1-2H3. The van der Waals surface area contributed by atoms with Gasteiger partial charge < -0.3 is 14.4 Å². The van der Waals surface area contributed by atoms with Gasteiger partial charge in [-0.15, -0.1) is 11.3 Å². The predicted octanol–water partition coefficient (Wildman–Crippen LogP) is 4.22. The maximum absolute atomic E-state index is 13.0. The van der Waals surface area contributed by atoms with Gasteiger partial charge in [-0.1, -0.05) is 18.2 Å². The summed E-state index contributed by atoms with van der Waals surface area (Å²) in [6.45, 7) is 0.784. The molecule has 1 amide bonds. The summed E-state index contributed by atoms with van der Waals surface area (Å²) < 4.78 is 11.8. The Hall–Kier alpha value is -2.60. The normalized spacial score (nSPS) is 16.7. The van der Waals surface area contributed by atoms with E-state index in [4.69, 9.17) is 14.5 Å². The van der Waals surface area contributed by atoms with Gasteiger partial charge in [0.2, 0.25) is 5.91 Å². The minimum absolute atomic E-state index is 0.0787. The molecule has 4 rings (SSSR count). The zero-order valence-electron chi connectivity index (χ0n) is 15.5. The number of thiazole rings is 1. The monoisotopic (exact) mass is 382 g/mol. The van der Waals surface area contributed by atoms with Gasteiger partial charge >= 0.3 is 0 Å². The lowest BCUT2D eigenvalue weighted by Crippen LogP contribution is -2.31. The predicted molar refractivity (Wildman–Crippen MR) is 107 cm³/mol. The number of carbonyl (C=O) groups is 1. The van der Waals surface area contributed by atoms with Crippen LogP contribution in [0.1, 0.15) is 29.5 Å². The molecule has 1 aliphatic rings. The number of methoxy groups -OCH3 is 2. The second-order valence-electron chi connectivity index (χ2n) is 6.63. The molecule has 1 saturated heterocycles. The molecule has 1 atom stereocenters. The van der Waals surface area contributed by atoms with Gasteiger partial charge in [-0.3, -0.25) is 4.79 Å². The van der Waals surface area contributed by atoms with E-state index in [1.54, 1.807) is 25.6 Å². The molecule has 5 nitrogen and oxygen atoms in total. The Labute approximate surface area is 162 Å². The van der Waals surface area contributed by atoms with Gasteiger partial charge in [0.15, 0.2) is 11.5 Å². The molecule has 27 heavy (non-hydrogen) atoms. The van der Waals surface area contributed by atoms with E-state index in [0.29, 0.717) is 17.9 Å². The Morgan fingerprint density at radius 3 is 2.78 bits per heavy atom. The molecule has 6 heteroatoms. The fraction of sp³-hybridized carbons (Fsp3) is 0.333. The molecule has 2 aromatic carbocycles. The van der Waals surface area contributed by atoms with Crippen LogP contribution in [0.15, 0.2) is 42.5 Å². The smallest absolute Gasteiger partial charge is 0.227 e. The van der Waals surface area contributed by atoms with E-state index in [1.807, 2.05) is 41.3 Å². The molecule has 1 unspecified atom stereocenters. The molecular formula is C21H22N2O3S. The van der Waals surface area contributed by atoms with E-state index in [2.05, 4.69) is 6.07 Å². The number of nitrogens with zero attached hydrogens (tertiary/aromatic N) is 2. The number of hydrogen-bond acceptors (Lipinski definition) is 5. The van der Waals surface area contributed by atoms with Crippen molar-refractivity contribution in [3.05, 3.63) is 53.0 Å². The summed E-state index contributed by atoms with van der Waals surface area (Å²) in [6, 6.07) is 13.9. The number of fused-ring (bicyclic) bond motifs is 1.